The maximum atomic E-state index is 13.5. The summed E-state index contributed by atoms with van der Waals surface area (Å²) in [5.41, 5.74) is 1.31. The summed E-state index contributed by atoms with van der Waals surface area (Å²) in [7, 11) is 1.48. The summed E-state index contributed by atoms with van der Waals surface area (Å²) in [6.45, 7) is 0. The molecule has 0 saturated carbocycles. The lowest BCUT2D eigenvalue weighted by atomic mass is 9.82. The minimum atomic E-state index is -4.45. The van der Waals surface area contributed by atoms with Gasteiger partial charge < -0.3 is 4.74 Å². The lowest BCUT2D eigenvalue weighted by Gasteiger charge is -2.47. The Hall–Kier alpha value is -2.50. The molecule has 2 atom stereocenters. The van der Waals surface area contributed by atoms with Crippen LogP contribution in [-0.2, 0) is 11.2 Å². The van der Waals surface area contributed by atoms with Crippen LogP contribution in [0.5, 0.6) is 5.75 Å². The molecule has 1 saturated heterocycles. The molecule has 1 heterocycles. The van der Waals surface area contributed by atoms with E-state index in [1.807, 2.05) is 30.3 Å². The van der Waals surface area contributed by atoms with E-state index >= 15 is 0 Å². The van der Waals surface area contributed by atoms with Gasteiger partial charge >= 0.3 is 6.18 Å². The minimum absolute atomic E-state index is 0.227. The molecular weight excluding hydrogens is 343 g/mol. The zero-order valence-corrected chi connectivity index (χ0v) is 14.4. The number of benzene rings is 2. The molecule has 138 valence electrons. The summed E-state index contributed by atoms with van der Waals surface area (Å²) in [4.78, 5) is 13.3. The van der Waals surface area contributed by atoms with Crippen molar-refractivity contribution in [3.8, 4) is 5.75 Å². The third-order valence-electron chi connectivity index (χ3n) is 4.72. The number of hydrogen-bond acceptors (Lipinski definition) is 2. The second-order valence-electron chi connectivity index (χ2n) is 6.38. The Morgan fingerprint density at radius 2 is 1.69 bits per heavy atom. The van der Waals surface area contributed by atoms with E-state index in [-0.39, 0.29) is 12.1 Å². The number of carbonyl (C=O) groups excluding carboxylic acids is 1. The number of β-lactam (4-membered cyclic amide) rings is 1. The molecule has 0 aliphatic carbocycles. The number of methoxy groups -OCH3 is 1. The highest BCUT2D eigenvalue weighted by Crippen LogP contribution is 2.44. The Balaban J connectivity index is 1.69. The molecule has 0 bridgehead atoms. The lowest BCUT2D eigenvalue weighted by Crippen LogP contribution is -2.67. The monoisotopic (exact) mass is 363 g/mol. The molecule has 2 aromatic carbocycles. The number of halogens is 3. The quantitative estimate of drug-likeness (QED) is 0.702. The van der Waals surface area contributed by atoms with Crippen molar-refractivity contribution in [1.82, 2.24) is 0 Å². The molecule has 26 heavy (non-hydrogen) atoms. The average Bonchev–Trinajstić information content (AvgIpc) is 2.63. The SMILES string of the molecule is COc1ccc(N2C(=O)[C@H](CCCc3ccccc3)[C@H]2C(F)(F)F)cc1. The van der Waals surface area contributed by atoms with Crippen molar-refractivity contribution in [3.05, 3.63) is 60.2 Å². The van der Waals surface area contributed by atoms with Gasteiger partial charge in [-0.1, -0.05) is 30.3 Å². The van der Waals surface area contributed by atoms with Crippen molar-refractivity contribution in [2.45, 2.75) is 31.5 Å². The van der Waals surface area contributed by atoms with Gasteiger partial charge in [-0.3, -0.25) is 9.69 Å². The molecule has 3 rings (SSSR count). The van der Waals surface area contributed by atoms with E-state index in [0.717, 1.165) is 10.5 Å². The minimum Gasteiger partial charge on any atom is -0.497 e. The van der Waals surface area contributed by atoms with Crippen LogP contribution < -0.4 is 9.64 Å². The number of alkyl halides is 3. The van der Waals surface area contributed by atoms with E-state index < -0.39 is 24.0 Å². The van der Waals surface area contributed by atoms with Crippen LogP contribution in [0.3, 0.4) is 0 Å². The summed E-state index contributed by atoms with van der Waals surface area (Å²) in [5, 5.41) is 0. The molecule has 0 spiro atoms. The first kappa shape index (κ1) is 18.3. The predicted octanol–water partition coefficient (Wildman–Crippen LogP) is 4.61. The molecule has 1 aliphatic rings. The average molecular weight is 363 g/mol. The van der Waals surface area contributed by atoms with Gasteiger partial charge in [0.05, 0.1) is 13.0 Å². The van der Waals surface area contributed by atoms with Gasteiger partial charge in [0.2, 0.25) is 5.91 Å². The third kappa shape index (κ3) is 3.69. The second-order valence-corrected chi connectivity index (χ2v) is 6.38. The molecule has 1 aliphatic heterocycles. The van der Waals surface area contributed by atoms with Gasteiger partial charge in [-0.05, 0) is 49.1 Å². The first-order valence-electron chi connectivity index (χ1n) is 8.49. The van der Waals surface area contributed by atoms with E-state index in [0.29, 0.717) is 18.6 Å². The molecule has 0 unspecified atom stereocenters. The number of aryl methyl sites for hydroxylation is 1. The van der Waals surface area contributed by atoms with Crippen LogP contribution in [0.4, 0.5) is 18.9 Å². The van der Waals surface area contributed by atoms with Crippen LogP contribution >= 0.6 is 0 Å². The number of carbonyl (C=O) groups is 1. The topological polar surface area (TPSA) is 29.5 Å². The van der Waals surface area contributed by atoms with Crippen LogP contribution in [0.25, 0.3) is 0 Å². The predicted molar refractivity (Wildman–Crippen MR) is 93.2 cm³/mol. The second kappa shape index (κ2) is 7.40. The lowest BCUT2D eigenvalue weighted by molar-refractivity contribution is -0.184. The van der Waals surface area contributed by atoms with Crippen LogP contribution in [0.1, 0.15) is 18.4 Å². The van der Waals surface area contributed by atoms with Crippen LogP contribution in [0.2, 0.25) is 0 Å². The van der Waals surface area contributed by atoms with Crippen molar-refractivity contribution < 1.29 is 22.7 Å². The Bertz CT molecular complexity index is 744. The number of anilines is 1. The fraction of sp³-hybridized carbons (Fsp3) is 0.350. The van der Waals surface area contributed by atoms with Gasteiger partial charge in [-0.15, -0.1) is 0 Å². The number of rotatable bonds is 6. The smallest absolute Gasteiger partial charge is 0.410 e. The Morgan fingerprint density at radius 3 is 2.27 bits per heavy atom. The van der Waals surface area contributed by atoms with E-state index in [2.05, 4.69) is 0 Å². The molecule has 0 aromatic heterocycles. The standard InChI is InChI=1S/C20H20F3NO2/c1-26-16-12-10-15(11-13-16)24-18(20(21,22)23)17(19(24)25)9-5-8-14-6-3-2-4-7-14/h2-4,6-7,10-13,17-18H,5,8-9H2,1H3/t17-,18+/m1/s1. The number of hydrogen-bond donors (Lipinski definition) is 0. The number of amides is 1. The molecule has 6 heteroatoms. The molecule has 2 aromatic rings. The highest BCUT2D eigenvalue weighted by atomic mass is 19.4. The Morgan fingerprint density at radius 1 is 1.04 bits per heavy atom. The fourth-order valence-corrected chi connectivity index (χ4v) is 3.41. The summed E-state index contributed by atoms with van der Waals surface area (Å²) < 4.78 is 45.6. The fourth-order valence-electron chi connectivity index (χ4n) is 3.41. The Labute approximate surface area is 150 Å². The van der Waals surface area contributed by atoms with Crippen LogP contribution in [-0.4, -0.2) is 25.2 Å². The number of ether oxygens (including phenoxy) is 1. The zero-order chi connectivity index (χ0) is 18.7. The summed E-state index contributed by atoms with van der Waals surface area (Å²) in [6.07, 6.45) is -3.02. The van der Waals surface area contributed by atoms with E-state index in [4.69, 9.17) is 4.74 Å². The first-order valence-corrected chi connectivity index (χ1v) is 8.49. The van der Waals surface area contributed by atoms with E-state index in [1.54, 1.807) is 12.1 Å². The highest BCUT2D eigenvalue weighted by molar-refractivity contribution is 6.03. The van der Waals surface area contributed by atoms with E-state index in [9.17, 15) is 18.0 Å². The van der Waals surface area contributed by atoms with Gasteiger partial charge in [0.15, 0.2) is 0 Å². The van der Waals surface area contributed by atoms with E-state index in [1.165, 1.54) is 19.2 Å². The molecular formula is C20H20F3NO2. The molecule has 1 fully saturated rings. The summed E-state index contributed by atoms with van der Waals surface area (Å²) >= 11 is 0. The van der Waals surface area contributed by atoms with Crippen molar-refractivity contribution in [2.75, 3.05) is 12.0 Å². The molecule has 1 amide bonds. The summed E-state index contributed by atoms with van der Waals surface area (Å²) in [5.74, 6) is -0.948. The van der Waals surface area contributed by atoms with Crippen LogP contribution in [0.15, 0.2) is 54.6 Å². The largest absolute Gasteiger partial charge is 0.497 e. The van der Waals surface area contributed by atoms with Gasteiger partial charge in [-0.2, -0.15) is 13.2 Å². The van der Waals surface area contributed by atoms with Crippen molar-refractivity contribution in [1.29, 1.82) is 0 Å². The zero-order valence-electron chi connectivity index (χ0n) is 14.4. The van der Waals surface area contributed by atoms with Gasteiger partial charge in [0.25, 0.3) is 0 Å². The maximum absolute atomic E-state index is 13.5. The van der Waals surface area contributed by atoms with Gasteiger partial charge in [0.1, 0.15) is 11.8 Å². The maximum Gasteiger partial charge on any atom is 0.410 e. The number of nitrogens with zero attached hydrogens (tertiary/aromatic N) is 1. The van der Waals surface area contributed by atoms with Crippen molar-refractivity contribution >= 4 is 11.6 Å². The highest BCUT2D eigenvalue weighted by Gasteiger charge is 2.60. The van der Waals surface area contributed by atoms with Crippen molar-refractivity contribution in [3.63, 3.8) is 0 Å². The molecule has 3 nitrogen and oxygen atoms in total. The first-order chi connectivity index (χ1) is 12.4. The molecule has 0 radical (unpaired) electrons. The third-order valence-corrected chi connectivity index (χ3v) is 4.72. The molecule has 0 N–H and O–H groups in total. The normalized spacial score (nSPS) is 20.0. The van der Waals surface area contributed by atoms with Gasteiger partial charge in [-0.25, -0.2) is 0 Å². The Kier molecular flexibility index (Phi) is 5.20. The summed E-state index contributed by atoms with van der Waals surface area (Å²) in [6, 6.07) is 13.9. The van der Waals surface area contributed by atoms with Crippen LogP contribution in [0, 0.1) is 5.92 Å². The van der Waals surface area contributed by atoms with Gasteiger partial charge in [0, 0.05) is 5.69 Å². The van der Waals surface area contributed by atoms with Crippen molar-refractivity contribution in [2.24, 2.45) is 5.92 Å².